The minimum Gasteiger partial charge on any atom is -0.325 e. The topological polar surface area (TPSA) is 62.7 Å². The molecule has 0 amide bonds. The fraction of sp³-hybridized carbons (Fsp3) is 0.0909. The van der Waals surface area contributed by atoms with Crippen LogP contribution in [0.5, 0.6) is 0 Å². The maximum atomic E-state index is 13.7. The Morgan fingerprint density at radius 3 is 2.94 bits per heavy atom. The molecule has 1 aromatic heterocycles. The van der Waals surface area contributed by atoms with Gasteiger partial charge in [-0.2, -0.15) is 5.26 Å². The summed E-state index contributed by atoms with van der Waals surface area (Å²) >= 11 is 6.97. The van der Waals surface area contributed by atoms with Crippen molar-refractivity contribution in [3.8, 4) is 17.3 Å². The van der Waals surface area contributed by atoms with Gasteiger partial charge in [-0.1, -0.05) is 11.6 Å². The van der Waals surface area contributed by atoms with Crippen molar-refractivity contribution in [3.05, 3.63) is 38.9 Å². The molecule has 0 saturated carbocycles. The number of thiazole rings is 1. The van der Waals surface area contributed by atoms with Crippen LogP contribution in [0.25, 0.3) is 11.3 Å². The monoisotopic (exact) mass is 267 g/mol. The van der Waals surface area contributed by atoms with Gasteiger partial charge in [0.05, 0.1) is 0 Å². The Morgan fingerprint density at radius 1 is 1.53 bits per heavy atom. The molecule has 2 rings (SSSR count). The molecule has 0 bridgehead atoms. The smallest absolute Gasteiger partial charge is 0.133 e. The highest BCUT2D eigenvalue weighted by molar-refractivity contribution is 7.12. The lowest BCUT2D eigenvalue weighted by molar-refractivity contribution is 0.631. The fourth-order valence-corrected chi connectivity index (χ4v) is 2.31. The quantitative estimate of drug-likeness (QED) is 0.910. The molecule has 0 radical (unpaired) electrons. The zero-order valence-corrected chi connectivity index (χ0v) is 10.1. The SMILES string of the molecule is N#Cc1sc(CN)nc1-c1cc(Cl)ccc1F. The standard InChI is InChI=1S/C11H7ClFN3S/c12-6-1-2-8(13)7(3-6)11-9(4-14)17-10(5-15)16-11/h1-3H,5,15H2. The second-order valence-corrected chi connectivity index (χ2v) is 4.75. The van der Waals surface area contributed by atoms with Crippen LogP contribution >= 0.6 is 22.9 Å². The fourth-order valence-electron chi connectivity index (χ4n) is 1.39. The summed E-state index contributed by atoms with van der Waals surface area (Å²) in [7, 11) is 0. The predicted octanol–water partition coefficient (Wildman–Crippen LogP) is 2.93. The van der Waals surface area contributed by atoms with Crippen molar-refractivity contribution < 1.29 is 4.39 Å². The average molecular weight is 268 g/mol. The van der Waals surface area contributed by atoms with Gasteiger partial charge in [-0.25, -0.2) is 9.37 Å². The molecule has 0 unspecified atom stereocenters. The normalized spacial score (nSPS) is 10.2. The highest BCUT2D eigenvalue weighted by Gasteiger charge is 2.16. The second kappa shape index (κ2) is 4.80. The third-order valence-electron chi connectivity index (χ3n) is 2.13. The summed E-state index contributed by atoms with van der Waals surface area (Å²) in [4.78, 5) is 4.48. The zero-order chi connectivity index (χ0) is 12.4. The summed E-state index contributed by atoms with van der Waals surface area (Å²) in [6.07, 6.45) is 0. The first-order valence-electron chi connectivity index (χ1n) is 4.71. The number of nitrogens with two attached hydrogens (primary N) is 1. The van der Waals surface area contributed by atoms with E-state index in [1.54, 1.807) is 0 Å². The summed E-state index contributed by atoms with van der Waals surface area (Å²) in [5, 5.41) is 9.96. The molecule has 0 fully saturated rings. The van der Waals surface area contributed by atoms with Crippen LogP contribution in [0.2, 0.25) is 5.02 Å². The third kappa shape index (κ3) is 2.29. The van der Waals surface area contributed by atoms with Gasteiger partial charge in [0.2, 0.25) is 0 Å². The van der Waals surface area contributed by atoms with Crippen LogP contribution in [-0.4, -0.2) is 4.98 Å². The molecule has 1 heterocycles. The molecule has 86 valence electrons. The molecular weight excluding hydrogens is 261 g/mol. The van der Waals surface area contributed by atoms with E-state index in [1.165, 1.54) is 18.2 Å². The van der Waals surface area contributed by atoms with E-state index in [0.29, 0.717) is 20.6 Å². The molecule has 17 heavy (non-hydrogen) atoms. The minimum atomic E-state index is -0.459. The summed E-state index contributed by atoms with van der Waals surface area (Å²) in [6.45, 7) is 0.224. The largest absolute Gasteiger partial charge is 0.325 e. The first-order chi connectivity index (χ1) is 8.15. The van der Waals surface area contributed by atoms with Gasteiger partial charge in [0, 0.05) is 17.1 Å². The number of nitriles is 1. The Kier molecular flexibility index (Phi) is 3.38. The van der Waals surface area contributed by atoms with E-state index in [0.717, 1.165) is 11.3 Å². The lowest BCUT2D eigenvalue weighted by atomic mass is 10.1. The number of benzene rings is 1. The van der Waals surface area contributed by atoms with E-state index in [2.05, 4.69) is 4.98 Å². The number of hydrogen-bond acceptors (Lipinski definition) is 4. The molecular formula is C11H7ClFN3S. The maximum absolute atomic E-state index is 13.7. The summed E-state index contributed by atoms with van der Waals surface area (Å²) in [6, 6.07) is 6.13. The molecule has 0 aliphatic carbocycles. The molecule has 6 heteroatoms. The molecule has 0 aliphatic rings. The molecule has 0 saturated heterocycles. The molecule has 2 aromatic rings. The van der Waals surface area contributed by atoms with Crippen LogP contribution in [0.15, 0.2) is 18.2 Å². The molecule has 1 aromatic carbocycles. The molecule has 2 N–H and O–H groups in total. The van der Waals surface area contributed by atoms with E-state index < -0.39 is 5.82 Å². The van der Waals surface area contributed by atoms with Gasteiger partial charge in [0.15, 0.2) is 0 Å². The van der Waals surface area contributed by atoms with Crippen molar-refractivity contribution in [1.82, 2.24) is 4.98 Å². The van der Waals surface area contributed by atoms with Crippen molar-refractivity contribution in [2.75, 3.05) is 0 Å². The first-order valence-corrected chi connectivity index (χ1v) is 5.90. The van der Waals surface area contributed by atoms with Crippen molar-refractivity contribution in [2.24, 2.45) is 5.73 Å². The summed E-state index contributed by atoms with van der Waals surface area (Å²) in [5.41, 5.74) is 5.98. The van der Waals surface area contributed by atoms with Crippen LogP contribution < -0.4 is 5.73 Å². The van der Waals surface area contributed by atoms with Gasteiger partial charge in [-0.05, 0) is 18.2 Å². The molecule has 3 nitrogen and oxygen atoms in total. The maximum Gasteiger partial charge on any atom is 0.133 e. The van der Waals surface area contributed by atoms with Gasteiger partial charge < -0.3 is 5.73 Å². The Labute approximate surface area is 106 Å². The van der Waals surface area contributed by atoms with E-state index in [1.807, 2.05) is 6.07 Å². The van der Waals surface area contributed by atoms with Crippen LogP contribution in [0.3, 0.4) is 0 Å². The van der Waals surface area contributed by atoms with Crippen molar-refractivity contribution in [3.63, 3.8) is 0 Å². The predicted molar refractivity (Wildman–Crippen MR) is 65.1 cm³/mol. The first kappa shape index (κ1) is 12.0. The van der Waals surface area contributed by atoms with Gasteiger partial charge in [-0.3, -0.25) is 0 Å². The van der Waals surface area contributed by atoms with Crippen LogP contribution in [0, 0.1) is 17.1 Å². The lowest BCUT2D eigenvalue weighted by Gasteiger charge is -2.00. The van der Waals surface area contributed by atoms with E-state index in [9.17, 15) is 4.39 Å². The second-order valence-electron chi connectivity index (χ2n) is 3.23. The lowest BCUT2D eigenvalue weighted by Crippen LogP contribution is -1.95. The summed E-state index contributed by atoms with van der Waals surface area (Å²) < 4.78 is 13.7. The van der Waals surface area contributed by atoms with E-state index >= 15 is 0 Å². The van der Waals surface area contributed by atoms with Crippen molar-refractivity contribution in [1.29, 1.82) is 5.26 Å². The number of halogens is 2. The van der Waals surface area contributed by atoms with Crippen molar-refractivity contribution in [2.45, 2.75) is 6.54 Å². The van der Waals surface area contributed by atoms with E-state index in [4.69, 9.17) is 22.6 Å². The Bertz CT molecular complexity index is 603. The highest BCUT2D eigenvalue weighted by atomic mass is 35.5. The van der Waals surface area contributed by atoms with Gasteiger partial charge in [0.1, 0.15) is 27.5 Å². The van der Waals surface area contributed by atoms with Crippen LogP contribution in [-0.2, 0) is 6.54 Å². The van der Waals surface area contributed by atoms with Crippen LogP contribution in [0.4, 0.5) is 4.39 Å². The van der Waals surface area contributed by atoms with Crippen LogP contribution in [0.1, 0.15) is 9.88 Å². The molecule has 0 aliphatic heterocycles. The zero-order valence-electron chi connectivity index (χ0n) is 8.58. The third-order valence-corrected chi connectivity index (χ3v) is 3.35. The summed E-state index contributed by atoms with van der Waals surface area (Å²) in [5.74, 6) is -0.459. The average Bonchev–Trinajstić information content (AvgIpc) is 2.75. The van der Waals surface area contributed by atoms with Crippen molar-refractivity contribution >= 4 is 22.9 Å². The number of hydrogen-bond donors (Lipinski definition) is 1. The minimum absolute atomic E-state index is 0.224. The Balaban J connectivity index is 2.63. The van der Waals surface area contributed by atoms with Gasteiger partial charge >= 0.3 is 0 Å². The highest BCUT2D eigenvalue weighted by Crippen LogP contribution is 2.31. The number of rotatable bonds is 2. The Morgan fingerprint density at radius 2 is 2.29 bits per heavy atom. The molecule has 0 atom stereocenters. The van der Waals surface area contributed by atoms with Gasteiger partial charge in [-0.15, -0.1) is 11.3 Å². The number of aromatic nitrogens is 1. The number of nitrogens with zero attached hydrogens (tertiary/aromatic N) is 2. The Hall–Kier alpha value is -1.48. The van der Waals surface area contributed by atoms with Gasteiger partial charge in [0.25, 0.3) is 0 Å². The molecule has 0 spiro atoms. The van der Waals surface area contributed by atoms with E-state index in [-0.39, 0.29) is 12.1 Å².